The zero-order valence-electron chi connectivity index (χ0n) is 15.6. The van der Waals surface area contributed by atoms with Gasteiger partial charge in [0.25, 0.3) is 0 Å². The highest BCUT2D eigenvalue weighted by molar-refractivity contribution is 5.69. The molecule has 1 aliphatic heterocycles. The third kappa shape index (κ3) is 6.17. The van der Waals surface area contributed by atoms with Gasteiger partial charge in [-0.1, -0.05) is 0 Å². The highest BCUT2D eigenvalue weighted by Crippen LogP contribution is 2.28. The van der Waals surface area contributed by atoms with Gasteiger partial charge in [0, 0.05) is 33.9 Å². The summed E-state index contributed by atoms with van der Waals surface area (Å²) in [6, 6.07) is 0. The van der Waals surface area contributed by atoms with Crippen molar-refractivity contribution in [1.29, 1.82) is 0 Å². The van der Waals surface area contributed by atoms with E-state index in [1.54, 1.807) is 13.8 Å². The first-order valence-electron chi connectivity index (χ1n) is 8.28. The molecule has 0 saturated carbocycles. The van der Waals surface area contributed by atoms with Crippen LogP contribution in [-0.4, -0.2) is 73.2 Å². The van der Waals surface area contributed by atoms with Crippen molar-refractivity contribution >= 4 is 24.0 Å². The normalized spacial score (nSPS) is 24.5. The minimum absolute atomic E-state index is 0.275. The Morgan fingerprint density at radius 2 is 1.35 bits per heavy atom. The molecule has 1 heterocycles. The van der Waals surface area contributed by atoms with E-state index >= 15 is 0 Å². The maximum atomic E-state index is 12.0. The molecule has 1 amide bonds. The smallest absolute Gasteiger partial charge is 0.409 e. The van der Waals surface area contributed by atoms with E-state index in [-0.39, 0.29) is 6.61 Å². The zero-order chi connectivity index (χ0) is 19.9. The molecule has 0 aliphatic carbocycles. The molecular formula is C16H25NO9. The lowest BCUT2D eigenvalue weighted by Crippen LogP contribution is -2.42. The number of amides is 1. The van der Waals surface area contributed by atoms with Crippen molar-refractivity contribution in [2.45, 2.75) is 59.2 Å². The number of carbonyl (C=O) groups excluding carboxylic acids is 4. The van der Waals surface area contributed by atoms with Gasteiger partial charge in [-0.2, -0.15) is 0 Å². The third-order valence-corrected chi connectivity index (χ3v) is 3.55. The van der Waals surface area contributed by atoms with Crippen molar-refractivity contribution in [2.75, 3.05) is 19.7 Å². The van der Waals surface area contributed by atoms with Crippen LogP contribution < -0.4 is 0 Å². The fourth-order valence-corrected chi connectivity index (χ4v) is 2.46. The molecule has 148 valence electrons. The quantitative estimate of drug-likeness (QED) is 0.466. The second kappa shape index (κ2) is 9.95. The number of hydrogen-bond donors (Lipinski definition) is 0. The minimum atomic E-state index is -1.28. The molecule has 10 nitrogen and oxygen atoms in total. The molecular weight excluding hydrogens is 350 g/mol. The van der Waals surface area contributed by atoms with Crippen molar-refractivity contribution in [3.63, 3.8) is 0 Å². The van der Waals surface area contributed by atoms with Crippen LogP contribution in [-0.2, 0) is 38.1 Å². The summed E-state index contributed by atoms with van der Waals surface area (Å²) >= 11 is 0. The Bertz CT molecular complexity index is 532. The number of nitrogens with zero attached hydrogens (tertiary/aromatic N) is 1. The first-order valence-corrected chi connectivity index (χ1v) is 8.28. The molecule has 0 aromatic heterocycles. The summed E-state index contributed by atoms with van der Waals surface area (Å²) < 4.78 is 25.9. The Hall–Kier alpha value is -2.36. The summed E-state index contributed by atoms with van der Waals surface area (Å²) in [6.07, 6.45) is -5.08. The second-order valence-electron chi connectivity index (χ2n) is 5.55. The van der Waals surface area contributed by atoms with Crippen LogP contribution in [0.4, 0.5) is 4.79 Å². The molecule has 0 N–H and O–H groups in total. The summed E-state index contributed by atoms with van der Waals surface area (Å²) in [4.78, 5) is 47.4. The second-order valence-corrected chi connectivity index (χ2v) is 5.55. The van der Waals surface area contributed by atoms with Gasteiger partial charge < -0.3 is 28.6 Å². The van der Waals surface area contributed by atoms with Crippen LogP contribution in [0.25, 0.3) is 0 Å². The fraction of sp³-hybridized carbons (Fsp3) is 0.750. The van der Waals surface area contributed by atoms with Gasteiger partial charge in [-0.25, -0.2) is 4.79 Å². The number of rotatable bonds is 7. The molecule has 1 saturated heterocycles. The Kier molecular flexibility index (Phi) is 8.30. The van der Waals surface area contributed by atoms with Crippen LogP contribution in [0, 0.1) is 0 Å². The van der Waals surface area contributed by atoms with Crippen molar-refractivity contribution in [3.8, 4) is 0 Å². The first-order chi connectivity index (χ1) is 12.2. The lowest BCUT2D eigenvalue weighted by molar-refractivity contribution is -0.196. The van der Waals surface area contributed by atoms with E-state index in [0.29, 0.717) is 13.1 Å². The summed E-state index contributed by atoms with van der Waals surface area (Å²) in [6.45, 7) is 7.72. The van der Waals surface area contributed by atoms with Gasteiger partial charge in [0.15, 0.2) is 6.10 Å². The monoisotopic (exact) mass is 375 g/mol. The van der Waals surface area contributed by atoms with Crippen LogP contribution in [0.2, 0.25) is 0 Å². The molecule has 1 rings (SSSR count). The van der Waals surface area contributed by atoms with E-state index in [0.717, 1.165) is 13.8 Å². The van der Waals surface area contributed by atoms with Crippen LogP contribution >= 0.6 is 0 Å². The Morgan fingerprint density at radius 1 is 0.846 bits per heavy atom. The van der Waals surface area contributed by atoms with E-state index in [4.69, 9.17) is 23.7 Å². The van der Waals surface area contributed by atoms with Gasteiger partial charge in [0.05, 0.1) is 0 Å². The maximum absolute atomic E-state index is 12.0. The molecule has 0 bridgehead atoms. The van der Waals surface area contributed by atoms with Crippen LogP contribution in [0.3, 0.4) is 0 Å². The van der Waals surface area contributed by atoms with Crippen molar-refractivity contribution in [3.05, 3.63) is 0 Å². The molecule has 0 aromatic carbocycles. The van der Waals surface area contributed by atoms with Crippen LogP contribution in [0.5, 0.6) is 0 Å². The van der Waals surface area contributed by atoms with Gasteiger partial charge in [0.1, 0.15) is 12.7 Å². The van der Waals surface area contributed by atoms with E-state index < -0.39 is 48.6 Å². The lowest BCUT2D eigenvalue weighted by atomic mass is 10.1. The maximum Gasteiger partial charge on any atom is 0.409 e. The largest absolute Gasteiger partial charge is 0.455 e. The van der Waals surface area contributed by atoms with Gasteiger partial charge in [0.2, 0.25) is 12.4 Å². The summed E-state index contributed by atoms with van der Waals surface area (Å²) in [5.74, 6) is -2.00. The predicted molar refractivity (Wildman–Crippen MR) is 85.8 cm³/mol. The topological polar surface area (TPSA) is 118 Å². The lowest BCUT2D eigenvalue weighted by Gasteiger charge is -2.23. The fourth-order valence-electron chi connectivity index (χ4n) is 2.46. The summed E-state index contributed by atoms with van der Waals surface area (Å²) in [7, 11) is 0. The molecule has 26 heavy (non-hydrogen) atoms. The Morgan fingerprint density at radius 3 is 1.81 bits per heavy atom. The SMILES string of the molecule is CCN(CC)C(=O)OC[C@H]1O[C@H](OC(C)=O)[C@H](OC(C)=O)[C@H]1OC(C)=O. The summed E-state index contributed by atoms with van der Waals surface area (Å²) in [5, 5.41) is 0. The number of carbonyl (C=O) groups is 4. The van der Waals surface area contributed by atoms with Crippen LogP contribution in [0.15, 0.2) is 0 Å². The van der Waals surface area contributed by atoms with Gasteiger partial charge >= 0.3 is 24.0 Å². The predicted octanol–water partition coefficient (Wildman–Crippen LogP) is 0.616. The van der Waals surface area contributed by atoms with E-state index in [9.17, 15) is 19.2 Å². The number of esters is 3. The highest BCUT2D eigenvalue weighted by atomic mass is 16.8. The number of ether oxygens (including phenoxy) is 5. The zero-order valence-corrected chi connectivity index (χ0v) is 15.6. The van der Waals surface area contributed by atoms with Crippen molar-refractivity contribution in [2.24, 2.45) is 0 Å². The summed E-state index contributed by atoms with van der Waals surface area (Å²) in [5.41, 5.74) is 0. The minimum Gasteiger partial charge on any atom is -0.455 e. The first kappa shape index (κ1) is 21.7. The molecule has 0 spiro atoms. The number of hydrogen-bond acceptors (Lipinski definition) is 9. The standard InChI is InChI=1S/C16H25NO9/c1-6-17(7-2)16(21)22-8-12-13(23-9(3)18)14(24-10(4)19)15(26-12)25-11(5)20/h12-15H,6-8H2,1-5H3/t12-,13+,14-,15+/m1/s1. The van der Waals surface area contributed by atoms with Crippen molar-refractivity contribution < 1.29 is 42.9 Å². The highest BCUT2D eigenvalue weighted by Gasteiger charge is 2.51. The molecule has 1 aliphatic rings. The van der Waals surface area contributed by atoms with Gasteiger partial charge in [-0.15, -0.1) is 0 Å². The average Bonchev–Trinajstić information content (AvgIpc) is 2.82. The molecule has 0 aromatic rings. The Balaban J connectivity index is 2.91. The molecule has 1 fully saturated rings. The van der Waals surface area contributed by atoms with Crippen molar-refractivity contribution in [1.82, 2.24) is 4.90 Å². The molecule has 10 heteroatoms. The van der Waals surface area contributed by atoms with E-state index in [2.05, 4.69) is 0 Å². The van der Waals surface area contributed by atoms with E-state index in [1.165, 1.54) is 11.8 Å². The molecule has 0 unspecified atom stereocenters. The molecule has 0 radical (unpaired) electrons. The van der Waals surface area contributed by atoms with Gasteiger partial charge in [-0.3, -0.25) is 14.4 Å². The average molecular weight is 375 g/mol. The Labute approximate surface area is 151 Å². The third-order valence-electron chi connectivity index (χ3n) is 3.55. The van der Waals surface area contributed by atoms with Crippen LogP contribution in [0.1, 0.15) is 34.6 Å². The van der Waals surface area contributed by atoms with E-state index in [1.807, 2.05) is 0 Å². The molecule has 4 atom stereocenters. The van der Waals surface area contributed by atoms with Gasteiger partial charge in [-0.05, 0) is 13.8 Å².